The van der Waals surface area contributed by atoms with Gasteiger partial charge in [-0.1, -0.05) is 29.3 Å². The molecule has 5 nitrogen and oxygen atoms in total. The molecule has 0 aliphatic carbocycles. The van der Waals surface area contributed by atoms with Crippen molar-refractivity contribution in [1.29, 1.82) is 0 Å². The van der Waals surface area contributed by atoms with Gasteiger partial charge in [-0.15, -0.1) is 11.6 Å². The van der Waals surface area contributed by atoms with Gasteiger partial charge in [0.2, 0.25) is 5.91 Å². The predicted molar refractivity (Wildman–Crippen MR) is 93.0 cm³/mol. The summed E-state index contributed by atoms with van der Waals surface area (Å²) >= 11 is 17.9. The third-order valence-corrected chi connectivity index (χ3v) is 6.46. The molecule has 1 amide bonds. The summed E-state index contributed by atoms with van der Waals surface area (Å²) in [5.41, 5.74) is 0.852. The summed E-state index contributed by atoms with van der Waals surface area (Å²) in [6.07, 6.45) is 0. The fourth-order valence-electron chi connectivity index (χ4n) is 2.43. The molecule has 0 unspecified atom stereocenters. The number of hydrogen-bond donors (Lipinski definition) is 1. The van der Waals surface area contributed by atoms with Crippen LogP contribution in [0.1, 0.15) is 5.56 Å². The van der Waals surface area contributed by atoms with E-state index in [1.54, 1.807) is 30.1 Å². The summed E-state index contributed by atoms with van der Waals surface area (Å²) in [5, 5.41) is 3.18. The van der Waals surface area contributed by atoms with Gasteiger partial charge in [-0.2, -0.15) is 0 Å². The zero-order chi connectivity index (χ0) is 17.2. The van der Waals surface area contributed by atoms with Gasteiger partial charge in [0.05, 0.1) is 29.5 Å². The molecule has 1 aromatic carbocycles. The second-order valence-corrected chi connectivity index (χ2v) is 9.23. The van der Waals surface area contributed by atoms with Gasteiger partial charge in [0, 0.05) is 16.6 Å². The molecule has 1 fully saturated rings. The van der Waals surface area contributed by atoms with Crippen LogP contribution in [0.15, 0.2) is 18.2 Å². The summed E-state index contributed by atoms with van der Waals surface area (Å²) < 4.78 is 23.0. The number of rotatable bonds is 5. The minimum atomic E-state index is -3.17. The molecule has 1 aliphatic heterocycles. The van der Waals surface area contributed by atoms with E-state index in [0.717, 1.165) is 5.56 Å². The molecule has 9 heteroatoms. The van der Waals surface area contributed by atoms with Gasteiger partial charge in [-0.3, -0.25) is 9.69 Å². The zero-order valence-corrected chi connectivity index (χ0v) is 15.5. The van der Waals surface area contributed by atoms with Crippen LogP contribution in [0, 0.1) is 0 Å². The topological polar surface area (TPSA) is 66.5 Å². The molecule has 1 aliphatic rings. The van der Waals surface area contributed by atoms with Crippen LogP contribution in [0.5, 0.6) is 0 Å². The number of carbonyl (C=O) groups excluding carboxylic acids is 1. The number of hydrogen-bond acceptors (Lipinski definition) is 4. The van der Waals surface area contributed by atoms with Gasteiger partial charge in [0.25, 0.3) is 0 Å². The van der Waals surface area contributed by atoms with Gasteiger partial charge in [0.15, 0.2) is 9.84 Å². The first-order chi connectivity index (χ1) is 10.7. The standard InChI is InChI=1S/C14H17Cl3N2O3S/c1-19(5-9-2-3-10(15)4-11(9)16)6-14(20)18-13-8-23(21,22)7-12(13)17/h2-4,12-13H,5-8H2,1H3,(H,18,20)/t12-,13+/m0/s1. The number of nitrogens with zero attached hydrogens (tertiary/aromatic N) is 1. The van der Waals surface area contributed by atoms with Gasteiger partial charge in [0.1, 0.15) is 0 Å². The van der Waals surface area contributed by atoms with Crippen LogP contribution in [-0.2, 0) is 21.2 Å². The highest BCUT2D eigenvalue weighted by Crippen LogP contribution is 2.22. The maximum atomic E-state index is 12.0. The average Bonchev–Trinajstić information content (AvgIpc) is 2.65. The Kier molecular flexibility index (Phi) is 6.19. The first kappa shape index (κ1) is 18.8. The molecule has 1 heterocycles. The van der Waals surface area contributed by atoms with Crippen LogP contribution in [0.4, 0.5) is 0 Å². The summed E-state index contributed by atoms with van der Waals surface area (Å²) in [4.78, 5) is 13.8. The summed E-state index contributed by atoms with van der Waals surface area (Å²) in [6, 6.07) is 4.64. The largest absolute Gasteiger partial charge is 0.350 e. The fraction of sp³-hybridized carbons (Fsp3) is 0.500. The number of alkyl halides is 1. The maximum Gasteiger partial charge on any atom is 0.234 e. The van der Waals surface area contributed by atoms with Crippen molar-refractivity contribution in [2.24, 2.45) is 0 Å². The van der Waals surface area contributed by atoms with Crippen LogP contribution in [0.3, 0.4) is 0 Å². The predicted octanol–water partition coefficient (Wildman–Crippen LogP) is 1.95. The first-order valence-corrected chi connectivity index (χ1v) is 9.94. The molecule has 2 atom stereocenters. The average molecular weight is 400 g/mol. The molecule has 23 heavy (non-hydrogen) atoms. The second-order valence-electron chi connectivity index (χ2n) is 5.67. The molecule has 1 aromatic rings. The van der Waals surface area contributed by atoms with E-state index in [1.165, 1.54) is 0 Å². The number of carbonyl (C=O) groups is 1. The maximum absolute atomic E-state index is 12.0. The van der Waals surface area contributed by atoms with E-state index in [0.29, 0.717) is 16.6 Å². The Morgan fingerprint density at radius 2 is 2.04 bits per heavy atom. The number of sulfone groups is 1. The lowest BCUT2D eigenvalue weighted by atomic mass is 10.2. The molecular weight excluding hydrogens is 383 g/mol. The van der Waals surface area contributed by atoms with Crippen molar-refractivity contribution in [1.82, 2.24) is 10.2 Å². The lowest BCUT2D eigenvalue weighted by molar-refractivity contribution is -0.122. The molecule has 0 spiro atoms. The van der Waals surface area contributed by atoms with Crippen molar-refractivity contribution in [3.8, 4) is 0 Å². The Hall–Kier alpha value is -0.530. The lowest BCUT2D eigenvalue weighted by Gasteiger charge is -2.20. The van der Waals surface area contributed by atoms with Gasteiger partial charge >= 0.3 is 0 Å². The van der Waals surface area contributed by atoms with Crippen LogP contribution < -0.4 is 5.32 Å². The van der Waals surface area contributed by atoms with Gasteiger partial charge < -0.3 is 5.32 Å². The number of likely N-dealkylation sites (N-methyl/N-ethyl adjacent to an activating group) is 1. The number of amides is 1. The Morgan fingerprint density at radius 1 is 1.35 bits per heavy atom. The molecule has 1 N–H and O–H groups in total. The molecule has 0 saturated carbocycles. The van der Waals surface area contributed by atoms with Crippen molar-refractivity contribution in [3.05, 3.63) is 33.8 Å². The number of benzene rings is 1. The summed E-state index contributed by atoms with van der Waals surface area (Å²) in [7, 11) is -1.40. The smallest absolute Gasteiger partial charge is 0.234 e. The highest BCUT2D eigenvalue weighted by atomic mass is 35.5. The highest BCUT2D eigenvalue weighted by molar-refractivity contribution is 7.91. The minimum absolute atomic E-state index is 0.101. The minimum Gasteiger partial charge on any atom is -0.350 e. The van der Waals surface area contributed by atoms with E-state index in [1.807, 2.05) is 0 Å². The molecular formula is C14H17Cl3N2O3S. The number of halogens is 3. The van der Waals surface area contributed by atoms with E-state index in [4.69, 9.17) is 34.8 Å². The Morgan fingerprint density at radius 3 is 2.61 bits per heavy atom. The Bertz CT molecular complexity index is 697. The SMILES string of the molecule is CN(CC(=O)N[C@@H]1CS(=O)(=O)C[C@@H]1Cl)Cc1ccc(Cl)cc1Cl. The third-order valence-electron chi connectivity index (χ3n) is 3.50. The van der Waals surface area contributed by atoms with Gasteiger partial charge in [-0.25, -0.2) is 8.42 Å². The van der Waals surface area contributed by atoms with Crippen molar-refractivity contribution < 1.29 is 13.2 Å². The Labute approximate surface area is 150 Å². The molecule has 128 valence electrons. The first-order valence-electron chi connectivity index (χ1n) is 6.92. The highest BCUT2D eigenvalue weighted by Gasteiger charge is 2.37. The molecule has 0 radical (unpaired) electrons. The molecule has 1 saturated heterocycles. The quantitative estimate of drug-likeness (QED) is 0.769. The molecule has 2 rings (SSSR count). The Balaban J connectivity index is 1.87. The van der Waals surface area contributed by atoms with Crippen molar-refractivity contribution in [2.75, 3.05) is 25.1 Å². The van der Waals surface area contributed by atoms with Gasteiger partial charge in [-0.05, 0) is 24.7 Å². The molecule has 0 aromatic heterocycles. The van der Waals surface area contributed by atoms with E-state index >= 15 is 0 Å². The lowest BCUT2D eigenvalue weighted by Crippen LogP contribution is -2.44. The second kappa shape index (κ2) is 7.57. The number of nitrogens with one attached hydrogen (secondary N) is 1. The van der Waals surface area contributed by atoms with E-state index in [2.05, 4.69) is 5.32 Å². The van der Waals surface area contributed by atoms with Crippen LogP contribution in [0.25, 0.3) is 0 Å². The van der Waals surface area contributed by atoms with Crippen molar-refractivity contribution in [2.45, 2.75) is 18.0 Å². The van der Waals surface area contributed by atoms with Crippen molar-refractivity contribution >= 4 is 50.5 Å². The summed E-state index contributed by atoms with van der Waals surface area (Å²) in [5.74, 6) is -0.486. The summed E-state index contributed by atoms with van der Waals surface area (Å²) in [6.45, 7) is 0.579. The monoisotopic (exact) mass is 398 g/mol. The van der Waals surface area contributed by atoms with Crippen LogP contribution in [0.2, 0.25) is 10.0 Å². The molecule has 0 bridgehead atoms. The fourth-order valence-corrected chi connectivity index (χ4v) is 5.45. The van der Waals surface area contributed by atoms with E-state index in [-0.39, 0.29) is 24.0 Å². The third kappa shape index (κ3) is 5.50. The zero-order valence-electron chi connectivity index (χ0n) is 12.4. The van der Waals surface area contributed by atoms with Crippen LogP contribution in [-0.4, -0.2) is 55.7 Å². The normalized spacial score (nSPS) is 23.2. The van der Waals surface area contributed by atoms with E-state index in [9.17, 15) is 13.2 Å². The van der Waals surface area contributed by atoms with Crippen molar-refractivity contribution in [3.63, 3.8) is 0 Å². The van der Waals surface area contributed by atoms with E-state index < -0.39 is 21.3 Å². The van der Waals surface area contributed by atoms with Crippen LogP contribution >= 0.6 is 34.8 Å².